The lowest BCUT2D eigenvalue weighted by Crippen LogP contribution is -2.54. The van der Waals surface area contributed by atoms with Gasteiger partial charge in [0.1, 0.15) is 6.04 Å². The van der Waals surface area contributed by atoms with Gasteiger partial charge in [-0.3, -0.25) is 14.6 Å². The molecule has 0 radical (unpaired) electrons. The summed E-state index contributed by atoms with van der Waals surface area (Å²) in [6, 6.07) is 11.2. The number of pyridine rings is 1. The number of benzene rings is 1. The van der Waals surface area contributed by atoms with Crippen LogP contribution in [0.15, 0.2) is 54.9 Å². The molecule has 1 N–H and O–H groups in total. The number of hydrogen-bond acceptors (Lipinski definition) is 4. The maximum Gasteiger partial charge on any atom is 0.326 e. The number of piperidine rings is 1. The molecule has 1 saturated heterocycles. The third-order valence-corrected chi connectivity index (χ3v) is 5.26. The van der Waals surface area contributed by atoms with E-state index in [1.807, 2.05) is 18.3 Å². The number of amides is 1. The first-order chi connectivity index (χ1) is 13.6. The van der Waals surface area contributed by atoms with E-state index < -0.39 is 23.7 Å². The molecular weight excluding hydrogens is 356 g/mol. The first-order valence-corrected chi connectivity index (χ1v) is 9.60. The standard InChI is InChI=1S/C22H24N2O4/c25-20(18-9-2-1-3-10-18)21(26)24-14-6-12-17(19(24)22(27)28)11-4-7-16-8-5-13-23-15-16/h1-3,5,8-10,13,15,17,19H,4,6-7,11-12,14H2,(H,27,28). The molecule has 2 unspecified atom stereocenters. The maximum absolute atomic E-state index is 12.8. The molecule has 146 valence electrons. The average Bonchev–Trinajstić information content (AvgIpc) is 2.73. The SMILES string of the molecule is O=C(C(=O)N1CCCC(CCCc2cccnc2)C1C(=O)O)c1ccccc1. The highest BCUT2D eigenvalue weighted by Crippen LogP contribution is 2.29. The molecule has 2 atom stereocenters. The summed E-state index contributed by atoms with van der Waals surface area (Å²) in [5, 5.41) is 9.78. The summed E-state index contributed by atoms with van der Waals surface area (Å²) in [5.41, 5.74) is 1.40. The molecule has 2 heterocycles. The number of carbonyl (C=O) groups excluding carboxylic acids is 2. The quantitative estimate of drug-likeness (QED) is 0.589. The van der Waals surface area contributed by atoms with Crippen LogP contribution in [0.5, 0.6) is 0 Å². The Labute approximate surface area is 164 Å². The molecule has 6 heteroatoms. The van der Waals surface area contributed by atoms with E-state index in [0.717, 1.165) is 24.8 Å². The molecule has 6 nitrogen and oxygen atoms in total. The normalized spacial score (nSPS) is 19.2. The largest absolute Gasteiger partial charge is 0.480 e. The van der Waals surface area contributed by atoms with E-state index in [0.29, 0.717) is 19.4 Å². The first-order valence-electron chi connectivity index (χ1n) is 9.60. The second-order valence-corrected chi connectivity index (χ2v) is 7.13. The zero-order valence-corrected chi connectivity index (χ0v) is 15.7. The Bertz CT molecular complexity index is 823. The zero-order valence-electron chi connectivity index (χ0n) is 15.7. The molecule has 1 aliphatic heterocycles. The molecule has 1 fully saturated rings. The Morgan fingerprint density at radius 1 is 1.11 bits per heavy atom. The van der Waals surface area contributed by atoms with E-state index in [-0.39, 0.29) is 11.5 Å². The smallest absolute Gasteiger partial charge is 0.326 e. The highest BCUT2D eigenvalue weighted by atomic mass is 16.4. The summed E-state index contributed by atoms with van der Waals surface area (Å²) < 4.78 is 0. The third kappa shape index (κ3) is 4.63. The molecular formula is C22H24N2O4. The van der Waals surface area contributed by atoms with Crippen molar-refractivity contribution in [1.29, 1.82) is 0 Å². The Hall–Kier alpha value is -3.02. The van der Waals surface area contributed by atoms with Gasteiger partial charge in [0.05, 0.1) is 0 Å². The minimum absolute atomic E-state index is 0.157. The molecule has 3 rings (SSSR count). The van der Waals surface area contributed by atoms with Crippen LogP contribution in [0.3, 0.4) is 0 Å². The summed E-state index contributed by atoms with van der Waals surface area (Å²) in [4.78, 5) is 42.6. The third-order valence-electron chi connectivity index (χ3n) is 5.26. The number of aryl methyl sites for hydroxylation is 1. The lowest BCUT2D eigenvalue weighted by Gasteiger charge is -2.38. The minimum atomic E-state index is -1.04. The van der Waals surface area contributed by atoms with Gasteiger partial charge in [-0.25, -0.2) is 4.79 Å². The second kappa shape index (κ2) is 9.26. The summed E-state index contributed by atoms with van der Waals surface area (Å²) in [6.45, 7) is 0.299. The number of aromatic nitrogens is 1. The predicted molar refractivity (Wildman–Crippen MR) is 104 cm³/mol. The van der Waals surface area contributed by atoms with Crippen molar-refractivity contribution in [3.8, 4) is 0 Å². The van der Waals surface area contributed by atoms with Crippen LogP contribution in [-0.2, 0) is 16.0 Å². The van der Waals surface area contributed by atoms with Crippen LogP contribution >= 0.6 is 0 Å². The van der Waals surface area contributed by atoms with E-state index in [4.69, 9.17) is 0 Å². The van der Waals surface area contributed by atoms with Gasteiger partial charge in [0.25, 0.3) is 5.91 Å². The number of carbonyl (C=O) groups is 3. The number of nitrogens with zero attached hydrogens (tertiary/aromatic N) is 2. The van der Waals surface area contributed by atoms with Crippen molar-refractivity contribution >= 4 is 17.7 Å². The van der Waals surface area contributed by atoms with Crippen LogP contribution in [0.25, 0.3) is 0 Å². The van der Waals surface area contributed by atoms with Gasteiger partial charge < -0.3 is 10.0 Å². The molecule has 1 aromatic carbocycles. The minimum Gasteiger partial charge on any atom is -0.480 e. The number of Topliss-reactive ketones (excluding diaryl/α,β-unsaturated/α-hetero) is 1. The zero-order chi connectivity index (χ0) is 19.9. The highest BCUT2D eigenvalue weighted by Gasteiger charge is 2.40. The summed E-state index contributed by atoms with van der Waals surface area (Å²) >= 11 is 0. The second-order valence-electron chi connectivity index (χ2n) is 7.13. The molecule has 2 aromatic rings. The van der Waals surface area contributed by atoms with Gasteiger partial charge >= 0.3 is 5.97 Å². The Balaban J connectivity index is 1.68. The highest BCUT2D eigenvalue weighted by molar-refractivity contribution is 6.43. The molecule has 0 aliphatic carbocycles. The summed E-state index contributed by atoms with van der Waals surface area (Å²) in [6.07, 6.45) is 7.29. The number of carboxylic acid groups (broad SMARTS) is 1. The van der Waals surface area contributed by atoms with Gasteiger partial charge in [0.2, 0.25) is 5.78 Å². The van der Waals surface area contributed by atoms with Crippen molar-refractivity contribution in [3.05, 3.63) is 66.0 Å². The Kier molecular flexibility index (Phi) is 6.53. The number of aliphatic carboxylic acids is 1. The number of rotatable bonds is 7. The number of carboxylic acids is 1. The fraction of sp³-hybridized carbons (Fsp3) is 0.364. The molecule has 1 aromatic heterocycles. The molecule has 28 heavy (non-hydrogen) atoms. The van der Waals surface area contributed by atoms with Gasteiger partial charge in [-0.2, -0.15) is 0 Å². The first kappa shape index (κ1) is 19.7. The Morgan fingerprint density at radius 3 is 2.57 bits per heavy atom. The van der Waals surface area contributed by atoms with E-state index >= 15 is 0 Å². The Morgan fingerprint density at radius 2 is 1.89 bits per heavy atom. The number of likely N-dealkylation sites (tertiary alicyclic amines) is 1. The van der Waals surface area contributed by atoms with Gasteiger partial charge in [0.15, 0.2) is 0 Å². The van der Waals surface area contributed by atoms with Crippen LogP contribution in [0, 0.1) is 5.92 Å². The molecule has 0 bridgehead atoms. The van der Waals surface area contributed by atoms with Crippen LogP contribution < -0.4 is 0 Å². The van der Waals surface area contributed by atoms with Gasteiger partial charge in [-0.15, -0.1) is 0 Å². The lowest BCUT2D eigenvalue weighted by molar-refractivity contribution is -0.153. The van der Waals surface area contributed by atoms with Crippen molar-refractivity contribution in [2.45, 2.75) is 38.1 Å². The maximum atomic E-state index is 12.8. The van der Waals surface area contributed by atoms with Gasteiger partial charge in [-0.05, 0) is 49.7 Å². The van der Waals surface area contributed by atoms with Crippen LogP contribution in [0.4, 0.5) is 0 Å². The van der Waals surface area contributed by atoms with E-state index in [2.05, 4.69) is 4.98 Å². The van der Waals surface area contributed by atoms with Crippen molar-refractivity contribution < 1.29 is 19.5 Å². The summed E-state index contributed by atoms with van der Waals surface area (Å²) in [5.74, 6) is -2.57. The van der Waals surface area contributed by atoms with Gasteiger partial charge in [-0.1, -0.05) is 36.4 Å². The molecule has 0 spiro atoms. The van der Waals surface area contributed by atoms with E-state index in [9.17, 15) is 19.5 Å². The predicted octanol–water partition coefficient (Wildman–Crippen LogP) is 2.98. The number of hydrogen-bond donors (Lipinski definition) is 1. The summed E-state index contributed by atoms with van der Waals surface area (Å²) in [7, 11) is 0. The number of ketones is 1. The average molecular weight is 380 g/mol. The molecule has 1 aliphatic rings. The van der Waals surface area contributed by atoms with Crippen molar-refractivity contribution in [2.75, 3.05) is 6.54 Å². The lowest BCUT2D eigenvalue weighted by atomic mass is 9.84. The van der Waals surface area contributed by atoms with Crippen molar-refractivity contribution in [1.82, 2.24) is 9.88 Å². The van der Waals surface area contributed by atoms with Crippen molar-refractivity contribution in [3.63, 3.8) is 0 Å². The fourth-order valence-electron chi connectivity index (χ4n) is 3.90. The van der Waals surface area contributed by atoms with E-state index in [1.54, 1.807) is 36.5 Å². The van der Waals surface area contributed by atoms with Crippen molar-refractivity contribution in [2.24, 2.45) is 5.92 Å². The fourth-order valence-corrected chi connectivity index (χ4v) is 3.90. The van der Waals surface area contributed by atoms with Crippen LogP contribution in [0.2, 0.25) is 0 Å². The van der Waals surface area contributed by atoms with Crippen LogP contribution in [0.1, 0.15) is 41.6 Å². The molecule has 1 amide bonds. The monoisotopic (exact) mass is 380 g/mol. The van der Waals surface area contributed by atoms with Gasteiger partial charge in [0, 0.05) is 24.5 Å². The molecule has 0 saturated carbocycles. The van der Waals surface area contributed by atoms with E-state index in [1.165, 1.54) is 4.90 Å². The topological polar surface area (TPSA) is 87.6 Å². The van der Waals surface area contributed by atoms with Crippen LogP contribution in [-0.4, -0.2) is 45.2 Å².